The maximum atomic E-state index is 11.4. The quantitative estimate of drug-likeness (QED) is 0.862. The molecule has 1 aromatic carbocycles. The fourth-order valence-electron chi connectivity index (χ4n) is 1.66. The molecule has 5 nitrogen and oxygen atoms in total. The zero-order valence-corrected chi connectivity index (χ0v) is 11.1. The zero-order chi connectivity index (χ0) is 13.7. The molecule has 5 heteroatoms. The third-order valence-corrected chi connectivity index (χ3v) is 2.55. The Bertz CT molecular complexity index is 546. The first-order valence-corrected chi connectivity index (χ1v) is 6.27. The molecular formula is C14H17N3O2. The van der Waals surface area contributed by atoms with Crippen molar-refractivity contribution in [3.8, 4) is 0 Å². The van der Waals surface area contributed by atoms with E-state index in [1.165, 1.54) is 0 Å². The van der Waals surface area contributed by atoms with Gasteiger partial charge in [0.2, 0.25) is 5.91 Å². The van der Waals surface area contributed by atoms with Gasteiger partial charge in [-0.1, -0.05) is 12.1 Å². The molecule has 2 N–H and O–H groups in total. The molecule has 19 heavy (non-hydrogen) atoms. The number of aryl methyl sites for hydroxylation is 1. The molecule has 0 spiro atoms. The van der Waals surface area contributed by atoms with Gasteiger partial charge in [-0.05, 0) is 37.6 Å². The second-order valence-corrected chi connectivity index (χ2v) is 4.32. The van der Waals surface area contributed by atoms with Crippen LogP contribution in [0.1, 0.15) is 25.5 Å². The minimum Gasteiger partial charge on any atom is -0.360 e. The molecule has 1 aromatic heterocycles. The van der Waals surface area contributed by atoms with Crippen LogP contribution in [-0.4, -0.2) is 11.1 Å². The van der Waals surface area contributed by atoms with Crippen molar-refractivity contribution in [2.24, 2.45) is 0 Å². The van der Waals surface area contributed by atoms with Crippen molar-refractivity contribution in [1.29, 1.82) is 0 Å². The maximum absolute atomic E-state index is 11.4. The Morgan fingerprint density at radius 2 is 1.95 bits per heavy atom. The summed E-state index contributed by atoms with van der Waals surface area (Å²) in [6.07, 6.45) is 1.38. The molecule has 1 amide bonds. The van der Waals surface area contributed by atoms with Gasteiger partial charge in [-0.3, -0.25) is 4.79 Å². The Balaban J connectivity index is 1.96. The first-order valence-electron chi connectivity index (χ1n) is 6.27. The molecule has 0 aliphatic rings. The number of rotatable bonds is 5. The van der Waals surface area contributed by atoms with Crippen LogP contribution < -0.4 is 10.6 Å². The van der Waals surface area contributed by atoms with Gasteiger partial charge in [0.05, 0.1) is 0 Å². The first-order chi connectivity index (χ1) is 9.17. The van der Waals surface area contributed by atoms with Gasteiger partial charge in [-0.15, -0.1) is 0 Å². The Labute approximate surface area is 112 Å². The lowest BCUT2D eigenvalue weighted by molar-refractivity contribution is -0.116. The lowest BCUT2D eigenvalue weighted by atomic mass is 10.2. The lowest BCUT2D eigenvalue weighted by Crippen LogP contribution is -2.10. The highest BCUT2D eigenvalue weighted by atomic mass is 16.5. The van der Waals surface area contributed by atoms with E-state index >= 15 is 0 Å². The number of carbonyl (C=O) groups excluding carboxylic acids is 1. The molecule has 0 fully saturated rings. The van der Waals surface area contributed by atoms with Crippen LogP contribution in [0.25, 0.3) is 0 Å². The van der Waals surface area contributed by atoms with Crippen LogP contribution in [0.4, 0.5) is 17.2 Å². The number of aromatic nitrogens is 1. The highest BCUT2D eigenvalue weighted by molar-refractivity contribution is 5.90. The van der Waals surface area contributed by atoms with Crippen LogP contribution in [0.5, 0.6) is 0 Å². The van der Waals surface area contributed by atoms with Gasteiger partial charge in [0.25, 0.3) is 0 Å². The minimum absolute atomic E-state index is 0.0373. The topological polar surface area (TPSA) is 67.2 Å². The van der Waals surface area contributed by atoms with Crippen LogP contribution >= 0.6 is 0 Å². The number of carbonyl (C=O) groups is 1. The molecule has 1 heterocycles. The van der Waals surface area contributed by atoms with Crippen molar-refractivity contribution < 1.29 is 9.32 Å². The van der Waals surface area contributed by atoms with Crippen LogP contribution in [0, 0.1) is 6.92 Å². The first kappa shape index (κ1) is 13.1. The normalized spacial score (nSPS) is 10.2. The number of amides is 1. The van der Waals surface area contributed by atoms with E-state index in [0.717, 1.165) is 23.6 Å². The standard InChI is InChI=1S/C14H17N3O2/c1-3-4-14(18)16-12-7-5-11(6-8-12)15-13-9-10(2)19-17-13/h5-9H,3-4H2,1-2H3,(H,15,17)(H,16,18). The Morgan fingerprint density at radius 1 is 1.26 bits per heavy atom. The summed E-state index contributed by atoms with van der Waals surface area (Å²) in [6.45, 7) is 3.82. The highest BCUT2D eigenvalue weighted by Crippen LogP contribution is 2.18. The van der Waals surface area contributed by atoms with Gasteiger partial charge in [0.15, 0.2) is 5.82 Å². The number of anilines is 3. The summed E-state index contributed by atoms with van der Waals surface area (Å²) in [7, 11) is 0. The maximum Gasteiger partial charge on any atom is 0.224 e. The fraction of sp³-hybridized carbons (Fsp3) is 0.286. The number of hydrogen-bond donors (Lipinski definition) is 2. The largest absolute Gasteiger partial charge is 0.360 e. The summed E-state index contributed by atoms with van der Waals surface area (Å²) < 4.78 is 4.97. The van der Waals surface area contributed by atoms with Gasteiger partial charge in [-0.25, -0.2) is 0 Å². The molecule has 100 valence electrons. The smallest absolute Gasteiger partial charge is 0.224 e. The van der Waals surface area contributed by atoms with Crippen molar-refractivity contribution >= 4 is 23.1 Å². The Kier molecular flexibility index (Phi) is 4.18. The molecule has 0 radical (unpaired) electrons. The van der Waals surface area contributed by atoms with E-state index in [0.29, 0.717) is 12.2 Å². The van der Waals surface area contributed by atoms with E-state index in [4.69, 9.17) is 4.52 Å². The molecule has 2 rings (SSSR count). The molecule has 0 bridgehead atoms. The van der Waals surface area contributed by atoms with Crippen molar-refractivity contribution in [3.63, 3.8) is 0 Å². The molecule has 2 aromatic rings. The van der Waals surface area contributed by atoms with Crippen LogP contribution in [0.3, 0.4) is 0 Å². The molecule has 0 atom stereocenters. The van der Waals surface area contributed by atoms with Crippen molar-refractivity contribution in [2.75, 3.05) is 10.6 Å². The second-order valence-electron chi connectivity index (χ2n) is 4.32. The summed E-state index contributed by atoms with van der Waals surface area (Å²) in [6, 6.07) is 9.28. The minimum atomic E-state index is 0.0373. The summed E-state index contributed by atoms with van der Waals surface area (Å²) in [5.41, 5.74) is 1.68. The molecular weight excluding hydrogens is 242 g/mol. The van der Waals surface area contributed by atoms with Gasteiger partial charge in [0.1, 0.15) is 5.76 Å². The lowest BCUT2D eigenvalue weighted by Gasteiger charge is -2.06. The van der Waals surface area contributed by atoms with Gasteiger partial charge in [-0.2, -0.15) is 0 Å². The molecule has 0 aliphatic carbocycles. The predicted molar refractivity (Wildman–Crippen MR) is 74.5 cm³/mol. The van der Waals surface area contributed by atoms with E-state index in [1.54, 1.807) is 0 Å². The number of nitrogens with zero attached hydrogens (tertiary/aromatic N) is 1. The van der Waals surface area contributed by atoms with Crippen molar-refractivity contribution in [1.82, 2.24) is 5.16 Å². The second kappa shape index (κ2) is 6.04. The predicted octanol–water partition coefficient (Wildman–Crippen LogP) is 3.47. The third kappa shape index (κ3) is 3.84. The SMILES string of the molecule is CCCC(=O)Nc1ccc(Nc2cc(C)on2)cc1. The summed E-state index contributed by atoms with van der Waals surface area (Å²) >= 11 is 0. The van der Waals surface area contributed by atoms with E-state index in [2.05, 4.69) is 15.8 Å². The fourth-order valence-corrected chi connectivity index (χ4v) is 1.66. The van der Waals surface area contributed by atoms with Crippen LogP contribution in [0.2, 0.25) is 0 Å². The van der Waals surface area contributed by atoms with Crippen molar-refractivity contribution in [2.45, 2.75) is 26.7 Å². The molecule has 0 aliphatic heterocycles. The third-order valence-electron chi connectivity index (χ3n) is 2.55. The number of benzene rings is 1. The Morgan fingerprint density at radius 3 is 2.53 bits per heavy atom. The average Bonchev–Trinajstić information content (AvgIpc) is 2.78. The van der Waals surface area contributed by atoms with E-state index in [-0.39, 0.29) is 5.91 Å². The van der Waals surface area contributed by atoms with E-state index < -0.39 is 0 Å². The number of hydrogen-bond acceptors (Lipinski definition) is 4. The van der Waals surface area contributed by atoms with Crippen molar-refractivity contribution in [3.05, 3.63) is 36.1 Å². The van der Waals surface area contributed by atoms with Gasteiger partial charge >= 0.3 is 0 Å². The van der Waals surface area contributed by atoms with Crippen LogP contribution in [-0.2, 0) is 4.79 Å². The van der Waals surface area contributed by atoms with Gasteiger partial charge in [0, 0.05) is 23.9 Å². The Hall–Kier alpha value is -2.30. The zero-order valence-electron chi connectivity index (χ0n) is 11.1. The molecule has 0 saturated heterocycles. The monoisotopic (exact) mass is 259 g/mol. The molecule has 0 saturated carbocycles. The average molecular weight is 259 g/mol. The number of nitrogens with one attached hydrogen (secondary N) is 2. The highest BCUT2D eigenvalue weighted by Gasteiger charge is 2.02. The summed E-state index contributed by atoms with van der Waals surface area (Å²) in [5, 5.41) is 9.80. The summed E-state index contributed by atoms with van der Waals surface area (Å²) in [5.74, 6) is 1.46. The van der Waals surface area contributed by atoms with Gasteiger partial charge < -0.3 is 15.2 Å². The summed E-state index contributed by atoms with van der Waals surface area (Å²) in [4.78, 5) is 11.4. The van der Waals surface area contributed by atoms with E-state index in [9.17, 15) is 4.79 Å². The van der Waals surface area contributed by atoms with E-state index in [1.807, 2.05) is 44.2 Å². The van der Waals surface area contributed by atoms with Crippen LogP contribution in [0.15, 0.2) is 34.9 Å². The molecule has 0 unspecified atom stereocenters.